The van der Waals surface area contributed by atoms with E-state index in [0.717, 1.165) is 54.3 Å². The van der Waals surface area contributed by atoms with Gasteiger partial charge in [0.05, 0.1) is 6.10 Å². The summed E-state index contributed by atoms with van der Waals surface area (Å²) in [6.07, 6.45) is 17.1. The fraction of sp³-hybridized carbons (Fsp3) is 0.931. The molecule has 0 unspecified atom stereocenters. The molecule has 4 aliphatic carbocycles. The quantitative estimate of drug-likeness (QED) is 0.436. The number of rotatable bonds is 6. The summed E-state index contributed by atoms with van der Waals surface area (Å²) in [5.74, 6) is 6.31. The highest BCUT2D eigenvalue weighted by molar-refractivity contribution is 5.25. The van der Waals surface area contributed by atoms with E-state index in [2.05, 4.69) is 47.6 Å². The molecule has 0 radical (unpaired) electrons. The number of hydrogen-bond acceptors (Lipinski definition) is 1. The number of fused-ring (bicyclic) bond motifs is 5. The van der Waals surface area contributed by atoms with Crippen LogP contribution in [0.1, 0.15) is 112 Å². The lowest BCUT2D eigenvalue weighted by molar-refractivity contribution is -0.0575. The summed E-state index contributed by atoms with van der Waals surface area (Å²) in [6, 6.07) is 0. The van der Waals surface area contributed by atoms with Crippen molar-refractivity contribution in [2.24, 2.45) is 52.3 Å². The van der Waals surface area contributed by atoms with Crippen LogP contribution in [0.15, 0.2) is 11.6 Å². The van der Waals surface area contributed by atoms with Gasteiger partial charge in [-0.3, -0.25) is 0 Å². The molecular formula is C29H50O. The minimum Gasteiger partial charge on any atom is -0.393 e. The molecule has 30 heavy (non-hydrogen) atoms. The summed E-state index contributed by atoms with van der Waals surface area (Å²) in [4.78, 5) is 0. The van der Waals surface area contributed by atoms with Crippen molar-refractivity contribution in [2.75, 3.05) is 0 Å². The molecule has 9 atom stereocenters. The molecule has 0 aromatic carbocycles. The highest BCUT2D eigenvalue weighted by atomic mass is 16.3. The van der Waals surface area contributed by atoms with Gasteiger partial charge in [-0.25, -0.2) is 0 Å². The summed E-state index contributed by atoms with van der Waals surface area (Å²) >= 11 is 0. The predicted octanol–water partition coefficient (Wildman–Crippen LogP) is 8.02. The summed E-state index contributed by atoms with van der Waals surface area (Å²) in [6.45, 7) is 15.1. The van der Waals surface area contributed by atoms with E-state index in [4.69, 9.17) is 0 Å². The Morgan fingerprint density at radius 2 is 1.77 bits per heavy atom. The standard InChI is InChI=1S/C29H50O/c1-7-21(19(2)3)9-8-20(4)25-12-13-26-24-11-10-22-18-23(30)14-16-28(22,5)27(24)15-17-29(25,26)6/h10,19-21,23-27,30H,7-9,11-18H2,1-6H3/t20-,21-,23-,24-,25+,26-,27-,28-,29+/m0/s1. The smallest absolute Gasteiger partial charge is 0.0577 e. The Kier molecular flexibility index (Phi) is 6.53. The zero-order valence-electron chi connectivity index (χ0n) is 20.9. The predicted molar refractivity (Wildman–Crippen MR) is 128 cm³/mol. The molecule has 0 aromatic rings. The van der Waals surface area contributed by atoms with Crippen LogP contribution in [0.5, 0.6) is 0 Å². The average molecular weight is 415 g/mol. The highest BCUT2D eigenvalue weighted by Crippen LogP contribution is 2.67. The van der Waals surface area contributed by atoms with Crippen LogP contribution >= 0.6 is 0 Å². The van der Waals surface area contributed by atoms with Crippen molar-refractivity contribution in [1.82, 2.24) is 0 Å². The third kappa shape index (κ3) is 3.74. The van der Waals surface area contributed by atoms with E-state index < -0.39 is 0 Å². The van der Waals surface area contributed by atoms with Crippen LogP contribution in [0.4, 0.5) is 0 Å². The summed E-state index contributed by atoms with van der Waals surface area (Å²) < 4.78 is 0. The van der Waals surface area contributed by atoms with Crippen molar-refractivity contribution < 1.29 is 5.11 Å². The molecule has 3 fully saturated rings. The first kappa shape index (κ1) is 22.9. The van der Waals surface area contributed by atoms with Crippen molar-refractivity contribution >= 4 is 0 Å². The van der Waals surface area contributed by atoms with Crippen LogP contribution in [-0.2, 0) is 0 Å². The maximum atomic E-state index is 10.2. The Morgan fingerprint density at radius 3 is 2.47 bits per heavy atom. The summed E-state index contributed by atoms with van der Waals surface area (Å²) in [7, 11) is 0. The van der Waals surface area contributed by atoms with Crippen LogP contribution in [0.25, 0.3) is 0 Å². The van der Waals surface area contributed by atoms with Crippen LogP contribution in [-0.4, -0.2) is 11.2 Å². The molecule has 0 amide bonds. The zero-order valence-corrected chi connectivity index (χ0v) is 20.9. The van der Waals surface area contributed by atoms with Gasteiger partial charge in [-0.2, -0.15) is 0 Å². The summed E-state index contributed by atoms with van der Waals surface area (Å²) in [5, 5.41) is 10.2. The van der Waals surface area contributed by atoms with Gasteiger partial charge in [0, 0.05) is 0 Å². The maximum absolute atomic E-state index is 10.2. The number of aliphatic hydroxyl groups is 1. The lowest BCUT2D eigenvalue weighted by atomic mass is 9.47. The normalized spacial score (nSPS) is 45.3. The minimum absolute atomic E-state index is 0.0794. The van der Waals surface area contributed by atoms with Gasteiger partial charge in [0.1, 0.15) is 0 Å². The Balaban J connectivity index is 1.47. The van der Waals surface area contributed by atoms with Gasteiger partial charge in [-0.1, -0.05) is 66.0 Å². The van der Waals surface area contributed by atoms with Crippen molar-refractivity contribution in [3.63, 3.8) is 0 Å². The Labute approximate surface area is 187 Å². The lowest BCUT2D eigenvalue weighted by Crippen LogP contribution is -2.50. The molecule has 0 aliphatic heterocycles. The Hall–Kier alpha value is -0.300. The first-order chi connectivity index (χ1) is 14.2. The van der Waals surface area contributed by atoms with E-state index in [0.29, 0.717) is 10.8 Å². The molecule has 0 aromatic heterocycles. The monoisotopic (exact) mass is 414 g/mol. The SMILES string of the molecule is CC[C@@H](CC[C@H](C)[C@H]1CC[C@H]2[C@@H]3CC=C4C[C@@H](O)CC[C@]4(C)[C@H]3CC[C@]12C)C(C)C. The van der Waals surface area contributed by atoms with Gasteiger partial charge in [-0.15, -0.1) is 0 Å². The molecule has 0 bridgehead atoms. The highest BCUT2D eigenvalue weighted by Gasteiger charge is 2.59. The van der Waals surface area contributed by atoms with Gasteiger partial charge in [0.2, 0.25) is 0 Å². The first-order valence-corrected chi connectivity index (χ1v) is 13.6. The van der Waals surface area contributed by atoms with E-state index in [9.17, 15) is 5.11 Å². The van der Waals surface area contributed by atoms with Crippen LogP contribution in [0, 0.1) is 52.3 Å². The first-order valence-electron chi connectivity index (χ1n) is 13.6. The molecule has 0 heterocycles. The molecule has 1 N–H and O–H groups in total. The van der Waals surface area contributed by atoms with E-state index in [1.807, 2.05) is 0 Å². The number of hydrogen-bond donors (Lipinski definition) is 1. The molecule has 1 nitrogen and oxygen atoms in total. The third-order valence-corrected chi connectivity index (χ3v) is 11.3. The van der Waals surface area contributed by atoms with E-state index >= 15 is 0 Å². The second-order valence-electron chi connectivity index (χ2n) is 12.9. The van der Waals surface area contributed by atoms with Crippen molar-refractivity contribution in [3.05, 3.63) is 11.6 Å². The topological polar surface area (TPSA) is 20.2 Å². The van der Waals surface area contributed by atoms with Gasteiger partial charge >= 0.3 is 0 Å². The van der Waals surface area contributed by atoms with Gasteiger partial charge in [-0.05, 0) is 110 Å². The molecule has 3 saturated carbocycles. The number of aliphatic hydroxyl groups excluding tert-OH is 1. The van der Waals surface area contributed by atoms with Crippen molar-refractivity contribution in [2.45, 2.75) is 118 Å². The average Bonchev–Trinajstić information content (AvgIpc) is 3.06. The largest absolute Gasteiger partial charge is 0.393 e. The molecule has 4 rings (SSSR count). The van der Waals surface area contributed by atoms with Gasteiger partial charge < -0.3 is 5.11 Å². The Morgan fingerprint density at radius 1 is 1.00 bits per heavy atom. The molecule has 172 valence electrons. The Bertz CT molecular complexity index is 634. The lowest BCUT2D eigenvalue weighted by Gasteiger charge is -2.58. The molecule has 4 aliphatic rings. The molecule has 1 heteroatoms. The number of allylic oxidation sites excluding steroid dienone is 1. The van der Waals surface area contributed by atoms with E-state index in [-0.39, 0.29) is 6.10 Å². The van der Waals surface area contributed by atoms with Crippen molar-refractivity contribution in [1.29, 1.82) is 0 Å². The molecule has 0 spiro atoms. The summed E-state index contributed by atoms with van der Waals surface area (Å²) in [5.41, 5.74) is 2.59. The molecule has 0 saturated heterocycles. The van der Waals surface area contributed by atoms with E-state index in [1.165, 1.54) is 57.8 Å². The second-order valence-corrected chi connectivity index (χ2v) is 12.9. The maximum Gasteiger partial charge on any atom is 0.0577 e. The minimum atomic E-state index is -0.0794. The third-order valence-electron chi connectivity index (χ3n) is 11.3. The van der Waals surface area contributed by atoms with E-state index in [1.54, 1.807) is 5.57 Å². The zero-order chi connectivity index (χ0) is 21.7. The van der Waals surface area contributed by atoms with Gasteiger partial charge in [0.15, 0.2) is 0 Å². The van der Waals surface area contributed by atoms with Gasteiger partial charge in [0.25, 0.3) is 0 Å². The van der Waals surface area contributed by atoms with Crippen LogP contribution in [0.2, 0.25) is 0 Å². The second kappa shape index (κ2) is 8.57. The fourth-order valence-corrected chi connectivity index (χ4v) is 9.30. The van der Waals surface area contributed by atoms with Crippen molar-refractivity contribution in [3.8, 4) is 0 Å². The van der Waals surface area contributed by atoms with Crippen LogP contribution < -0.4 is 0 Å². The van der Waals surface area contributed by atoms with Crippen LogP contribution in [0.3, 0.4) is 0 Å². The fourth-order valence-electron chi connectivity index (χ4n) is 9.30. The molecular weight excluding hydrogens is 364 g/mol.